The van der Waals surface area contributed by atoms with Gasteiger partial charge in [0.2, 0.25) is 5.91 Å². The highest BCUT2D eigenvalue weighted by Crippen LogP contribution is 2.45. The molecule has 2 unspecified atom stereocenters. The van der Waals surface area contributed by atoms with E-state index in [-0.39, 0.29) is 24.2 Å². The molecule has 0 N–H and O–H groups in total. The number of hydrogen-bond donors (Lipinski definition) is 0. The Balaban J connectivity index is 1.37. The van der Waals surface area contributed by atoms with Crippen LogP contribution in [0.4, 0.5) is 10.1 Å². The van der Waals surface area contributed by atoms with Crippen LogP contribution in [0.25, 0.3) is 0 Å². The number of ether oxygens (including phenoxy) is 2. The summed E-state index contributed by atoms with van der Waals surface area (Å²) < 4.78 is 24.7. The Morgan fingerprint density at radius 3 is 2.19 bits per heavy atom. The lowest BCUT2D eigenvalue weighted by atomic mass is 9.78. The lowest BCUT2D eigenvalue weighted by Gasteiger charge is -2.45. The Morgan fingerprint density at radius 1 is 0.814 bits per heavy atom. The molecule has 0 aliphatic carbocycles. The van der Waals surface area contributed by atoms with Crippen LogP contribution in [0.5, 0.6) is 11.5 Å². The minimum absolute atomic E-state index is 0.0236. The van der Waals surface area contributed by atoms with Gasteiger partial charge in [0, 0.05) is 38.3 Å². The molecule has 43 heavy (non-hydrogen) atoms. The smallest absolute Gasteiger partial charge is 0.255 e. The van der Waals surface area contributed by atoms with Crippen molar-refractivity contribution in [1.29, 1.82) is 0 Å². The minimum Gasteiger partial charge on any atom is -0.497 e. The van der Waals surface area contributed by atoms with Gasteiger partial charge in [0.15, 0.2) is 0 Å². The molecule has 4 aromatic rings. The fraction of sp³-hybridized carbons (Fsp3) is 0.257. The van der Waals surface area contributed by atoms with E-state index in [0.29, 0.717) is 37.5 Å². The van der Waals surface area contributed by atoms with Crippen LogP contribution in [0, 0.1) is 5.82 Å². The highest BCUT2D eigenvalue weighted by molar-refractivity contribution is 6.01. The van der Waals surface area contributed by atoms with Gasteiger partial charge in [-0.05, 0) is 59.2 Å². The van der Waals surface area contributed by atoms with E-state index in [1.807, 2.05) is 71.6 Å². The van der Waals surface area contributed by atoms with Crippen molar-refractivity contribution in [1.82, 2.24) is 9.80 Å². The zero-order chi connectivity index (χ0) is 29.9. The van der Waals surface area contributed by atoms with Crippen molar-refractivity contribution in [2.75, 3.05) is 45.3 Å². The molecule has 0 saturated carbocycles. The van der Waals surface area contributed by atoms with Crippen molar-refractivity contribution in [3.63, 3.8) is 0 Å². The maximum atomic E-state index is 14.6. The van der Waals surface area contributed by atoms with E-state index < -0.39 is 12.0 Å². The second kappa shape index (κ2) is 12.2. The van der Waals surface area contributed by atoms with Gasteiger partial charge in [-0.25, -0.2) is 4.39 Å². The van der Waals surface area contributed by atoms with Gasteiger partial charge in [-0.15, -0.1) is 0 Å². The SMILES string of the molecule is COc1ccc(C2C(C(=O)N3CCN(c4ccccc4OC)CC3)c3ccccc3C(=O)N2Cc2ccc(F)cc2)cc1. The Labute approximate surface area is 251 Å². The summed E-state index contributed by atoms with van der Waals surface area (Å²) >= 11 is 0. The fourth-order valence-corrected chi connectivity index (χ4v) is 6.25. The molecule has 0 radical (unpaired) electrons. The van der Waals surface area contributed by atoms with Gasteiger partial charge < -0.3 is 24.2 Å². The summed E-state index contributed by atoms with van der Waals surface area (Å²) in [4.78, 5) is 34.6. The van der Waals surface area contributed by atoms with Crippen LogP contribution in [0.1, 0.15) is 39.0 Å². The molecule has 0 bridgehead atoms. The maximum absolute atomic E-state index is 14.6. The van der Waals surface area contributed by atoms with Crippen molar-refractivity contribution in [2.45, 2.75) is 18.5 Å². The largest absolute Gasteiger partial charge is 0.497 e. The zero-order valence-electron chi connectivity index (χ0n) is 24.3. The van der Waals surface area contributed by atoms with E-state index >= 15 is 0 Å². The molecule has 2 heterocycles. The fourth-order valence-electron chi connectivity index (χ4n) is 6.25. The number of amides is 2. The second-order valence-corrected chi connectivity index (χ2v) is 10.8. The molecular weight excluding hydrogens is 545 g/mol. The van der Waals surface area contributed by atoms with Gasteiger partial charge in [0.1, 0.15) is 17.3 Å². The molecule has 0 spiro atoms. The summed E-state index contributed by atoms with van der Waals surface area (Å²) in [7, 11) is 3.27. The minimum atomic E-state index is -0.624. The Morgan fingerprint density at radius 2 is 1.49 bits per heavy atom. The molecule has 2 atom stereocenters. The maximum Gasteiger partial charge on any atom is 0.255 e. The number of fused-ring (bicyclic) bond motifs is 1. The number of para-hydroxylation sites is 2. The van der Waals surface area contributed by atoms with E-state index in [0.717, 1.165) is 28.1 Å². The predicted molar refractivity (Wildman–Crippen MR) is 163 cm³/mol. The molecule has 220 valence electrons. The Bertz CT molecular complexity index is 1600. The number of carbonyl (C=O) groups is 2. The highest BCUT2D eigenvalue weighted by Gasteiger charge is 2.45. The van der Waals surface area contributed by atoms with Crippen molar-refractivity contribution >= 4 is 17.5 Å². The Kier molecular flexibility index (Phi) is 8.01. The molecule has 0 aromatic heterocycles. The molecule has 2 amide bonds. The molecule has 1 fully saturated rings. The van der Waals surface area contributed by atoms with Crippen LogP contribution in [0.15, 0.2) is 97.1 Å². The normalized spacial score (nSPS) is 18.3. The van der Waals surface area contributed by atoms with Crippen LogP contribution in [-0.2, 0) is 11.3 Å². The number of halogens is 1. The van der Waals surface area contributed by atoms with Gasteiger partial charge in [0.25, 0.3) is 5.91 Å². The van der Waals surface area contributed by atoms with Gasteiger partial charge in [-0.3, -0.25) is 9.59 Å². The van der Waals surface area contributed by atoms with E-state index in [1.165, 1.54) is 12.1 Å². The summed E-state index contributed by atoms with van der Waals surface area (Å²) in [6, 6.07) is 28.4. The summed E-state index contributed by atoms with van der Waals surface area (Å²) in [5.74, 6) is 0.340. The standard InChI is InChI=1S/C35H34FN3O4/c1-42-27-17-13-25(14-18-27)33-32(35(41)38-21-19-37(20-22-38)30-9-5-6-10-31(30)43-2)28-7-3-4-8-29(28)34(40)39(33)23-24-11-15-26(36)16-12-24/h3-18,32-33H,19-23H2,1-2H3. The number of nitrogens with zero attached hydrogens (tertiary/aromatic N) is 3. The molecule has 1 saturated heterocycles. The predicted octanol–water partition coefficient (Wildman–Crippen LogP) is 5.67. The number of benzene rings is 4. The van der Waals surface area contributed by atoms with Gasteiger partial charge in [0.05, 0.1) is 31.9 Å². The average molecular weight is 580 g/mol. The summed E-state index contributed by atoms with van der Waals surface area (Å²) in [5, 5.41) is 0. The first-order valence-corrected chi connectivity index (χ1v) is 14.4. The van der Waals surface area contributed by atoms with Crippen molar-refractivity contribution in [3.05, 3.63) is 125 Å². The molecule has 6 rings (SSSR count). The zero-order valence-corrected chi connectivity index (χ0v) is 24.3. The highest BCUT2D eigenvalue weighted by atomic mass is 19.1. The summed E-state index contributed by atoms with van der Waals surface area (Å²) in [5.41, 5.74) is 3.86. The number of methoxy groups -OCH3 is 2. The van der Waals surface area contributed by atoms with Crippen molar-refractivity contribution in [2.24, 2.45) is 0 Å². The van der Waals surface area contributed by atoms with E-state index in [2.05, 4.69) is 4.90 Å². The van der Waals surface area contributed by atoms with E-state index in [4.69, 9.17) is 9.47 Å². The molecular formula is C35H34FN3O4. The molecule has 4 aromatic carbocycles. The summed E-state index contributed by atoms with van der Waals surface area (Å²) in [6.45, 7) is 2.63. The lowest BCUT2D eigenvalue weighted by molar-refractivity contribution is -0.135. The number of rotatable bonds is 7. The average Bonchev–Trinajstić information content (AvgIpc) is 3.06. The third-order valence-corrected chi connectivity index (χ3v) is 8.45. The van der Waals surface area contributed by atoms with Gasteiger partial charge >= 0.3 is 0 Å². The molecule has 2 aliphatic rings. The topological polar surface area (TPSA) is 62.3 Å². The first kappa shape index (κ1) is 28.3. The van der Waals surface area contributed by atoms with Crippen LogP contribution < -0.4 is 14.4 Å². The van der Waals surface area contributed by atoms with Crippen LogP contribution in [0.2, 0.25) is 0 Å². The quantitative estimate of drug-likeness (QED) is 0.282. The van der Waals surface area contributed by atoms with Gasteiger partial charge in [-0.1, -0.05) is 54.6 Å². The molecule has 8 heteroatoms. The molecule has 2 aliphatic heterocycles. The third-order valence-electron chi connectivity index (χ3n) is 8.45. The second-order valence-electron chi connectivity index (χ2n) is 10.8. The van der Waals surface area contributed by atoms with E-state index in [1.54, 1.807) is 37.3 Å². The first-order chi connectivity index (χ1) is 21.0. The molecule has 7 nitrogen and oxygen atoms in total. The number of anilines is 1. The third kappa shape index (κ3) is 5.52. The van der Waals surface area contributed by atoms with Crippen LogP contribution in [0.3, 0.4) is 0 Å². The number of hydrogen-bond acceptors (Lipinski definition) is 5. The monoisotopic (exact) mass is 579 g/mol. The lowest BCUT2D eigenvalue weighted by Crippen LogP contribution is -2.53. The van der Waals surface area contributed by atoms with Crippen molar-refractivity contribution < 1.29 is 23.5 Å². The first-order valence-electron chi connectivity index (χ1n) is 14.4. The van der Waals surface area contributed by atoms with Gasteiger partial charge in [-0.2, -0.15) is 0 Å². The number of piperazine rings is 1. The van der Waals surface area contributed by atoms with Crippen molar-refractivity contribution in [3.8, 4) is 11.5 Å². The summed E-state index contributed by atoms with van der Waals surface area (Å²) in [6.07, 6.45) is 0. The van der Waals surface area contributed by atoms with Crippen LogP contribution in [-0.4, -0.2) is 62.0 Å². The Hall–Kier alpha value is -4.85. The van der Waals surface area contributed by atoms with Crippen LogP contribution >= 0.6 is 0 Å². The van der Waals surface area contributed by atoms with E-state index in [9.17, 15) is 14.0 Å². The number of carbonyl (C=O) groups excluding carboxylic acids is 2.